The van der Waals surface area contributed by atoms with Crippen molar-refractivity contribution in [3.8, 4) is 0 Å². The van der Waals surface area contributed by atoms with E-state index in [9.17, 15) is 23.8 Å². The zero-order chi connectivity index (χ0) is 25.5. The molecule has 0 radical (unpaired) electrons. The average molecular weight is 623 g/mol. The van der Waals surface area contributed by atoms with E-state index in [2.05, 4.69) is 10.6 Å². The van der Waals surface area contributed by atoms with Crippen LogP contribution in [0.15, 0.2) is 24.3 Å². The Kier molecular flexibility index (Phi) is 21.7. The van der Waals surface area contributed by atoms with Crippen LogP contribution in [0.2, 0.25) is 0 Å². The van der Waals surface area contributed by atoms with Crippen LogP contribution < -0.4 is 15.1 Å². The van der Waals surface area contributed by atoms with Crippen molar-refractivity contribution in [1.82, 2.24) is 9.80 Å². The summed E-state index contributed by atoms with van der Waals surface area (Å²) >= 11 is 11.7. The number of amides is 2. The molecule has 1 aromatic carbocycles. The summed E-state index contributed by atoms with van der Waals surface area (Å²) in [4.78, 5) is 60.4. The molecular weight excluding hydrogens is 592 g/mol. The third-order valence-electron chi connectivity index (χ3n) is 5.02. The predicted octanol–water partition coefficient (Wildman–Crippen LogP) is -1.01. The summed E-state index contributed by atoms with van der Waals surface area (Å²) in [6.45, 7) is 1.57. The number of alkyl halides is 2. The van der Waals surface area contributed by atoms with Crippen LogP contribution in [0.25, 0.3) is 0 Å². The standard InChI is InChI=1S/C17H27Cl2N3O9P2.3Na.3H/c1-13(16(24)20-9-6-17(25,32(26,27)28)33(29,30)31)21-14-2-4-15(5-3-14)22(12-23,10-7-18)11-8-19;;;;;;/h2-5,12-13,21,25H,6-11H2,1H3,(H4-,20,24,26,27,28,29,30,31);;;;;;/p+1/t13-;;;;;;/m0....../s1. The summed E-state index contributed by atoms with van der Waals surface area (Å²) in [6.07, 6.45) is -0.304. The van der Waals surface area contributed by atoms with Crippen LogP contribution in [0.3, 0.4) is 0 Å². The van der Waals surface area contributed by atoms with Gasteiger partial charge in [0.05, 0.1) is 11.8 Å². The molecule has 0 saturated heterocycles. The maximum atomic E-state index is 12.3. The third kappa shape index (κ3) is 11.4. The first-order chi connectivity index (χ1) is 15.2. The first kappa shape index (κ1) is 42.4. The van der Waals surface area contributed by atoms with Crippen LogP contribution in [0.4, 0.5) is 11.4 Å². The van der Waals surface area contributed by atoms with Crippen molar-refractivity contribution < 1.29 is 43.4 Å². The Morgan fingerprint density at radius 1 is 1.03 bits per heavy atom. The molecule has 7 N–H and O–H groups in total. The summed E-state index contributed by atoms with van der Waals surface area (Å²) < 4.78 is 22.6. The van der Waals surface area contributed by atoms with Gasteiger partial charge in [-0.2, -0.15) is 0 Å². The number of hydrogen-bond donors (Lipinski definition) is 7. The van der Waals surface area contributed by atoms with Gasteiger partial charge in [-0.05, 0) is 19.1 Å². The Morgan fingerprint density at radius 2 is 1.47 bits per heavy atom. The van der Waals surface area contributed by atoms with E-state index in [1.54, 1.807) is 24.3 Å². The quantitative estimate of drug-likeness (QED) is 0.0444. The molecule has 0 aliphatic rings. The molecule has 1 atom stereocenters. The van der Waals surface area contributed by atoms with Gasteiger partial charge >= 0.3 is 110 Å². The Labute approximate surface area is 286 Å². The molecule has 0 saturated carbocycles. The molecule has 0 heterocycles. The van der Waals surface area contributed by atoms with E-state index >= 15 is 0 Å². The fraction of sp³-hybridized carbons (Fsp3) is 0.529. The van der Waals surface area contributed by atoms with Gasteiger partial charge < -0.3 is 35.3 Å². The fourth-order valence-electron chi connectivity index (χ4n) is 2.98. The average Bonchev–Trinajstić information content (AvgIpc) is 2.72. The number of carbonyl (C=O) groups is 2. The van der Waals surface area contributed by atoms with Gasteiger partial charge in [0, 0.05) is 30.8 Å². The van der Waals surface area contributed by atoms with Gasteiger partial charge in [-0.1, -0.05) is 0 Å². The Balaban J connectivity index is -0.00000363. The van der Waals surface area contributed by atoms with Gasteiger partial charge in [0.25, 0.3) is 5.08 Å². The molecule has 36 heavy (non-hydrogen) atoms. The molecule has 2 amide bonds. The van der Waals surface area contributed by atoms with Gasteiger partial charge in [0.1, 0.15) is 24.8 Å². The zero-order valence-electron chi connectivity index (χ0n) is 17.7. The summed E-state index contributed by atoms with van der Waals surface area (Å²) in [7, 11) is -11.2. The van der Waals surface area contributed by atoms with Crippen molar-refractivity contribution >= 4 is 151 Å². The van der Waals surface area contributed by atoms with E-state index < -0.39 is 45.2 Å². The van der Waals surface area contributed by atoms with E-state index in [4.69, 9.17) is 42.8 Å². The Hall–Kier alpha value is 1.96. The molecule has 0 fully saturated rings. The molecule has 0 unspecified atom stereocenters. The third-order valence-corrected chi connectivity index (χ3v) is 9.23. The summed E-state index contributed by atoms with van der Waals surface area (Å²) in [5, 5.41) is 11.4. The zero-order valence-corrected chi connectivity index (χ0v) is 21.0. The van der Waals surface area contributed by atoms with E-state index in [1.165, 1.54) is 6.92 Å². The van der Waals surface area contributed by atoms with Crippen molar-refractivity contribution in [2.75, 3.05) is 36.7 Å². The van der Waals surface area contributed by atoms with Crippen molar-refractivity contribution in [3.63, 3.8) is 0 Å². The fourth-order valence-corrected chi connectivity index (χ4v) is 5.74. The molecule has 0 aromatic heterocycles. The summed E-state index contributed by atoms with van der Waals surface area (Å²) in [6, 6.07) is 5.78. The van der Waals surface area contributed by atoms with E-state index in [0.29, 0.717) is 24.5 Å². The van der Waals surface area contributed by atoms with Crippen LogP contribution in [0.1, 0.15) is 13.3 Å². The Morgan fingerprint density at radius 3 is 1.83 bits per heavy atom. The number of rotatable bonds is 14. The summed E-state index contributed by atoms with van der Waals surface area (Å²) in [5.41, 5.74) is 1.17. The van der Waals surface area contributed by atoms with Gasteiger partial charge in [-0.15, -0.1) is 23.2 Å². The number of aliphatic hydroxyl groups is 1. The second kappa shape index (κ2) is 18.4. The monoisotopic (exact) mass is 622 g/mol. The molecule has 0 aliphatic heterocycles. The SMILES string of the molecule is C[C@H](Nc1ccc([N+](C=O)(CCCl)CCCl)cc1)C(=O)NCCC(O)(P(=O)(O)O)P(=O)(O)O.[NaH].[NaH].[NaH]. The minimum atomic E-state index is -5.60. The van der Waals surface area contributed by atoms with Crippen molar-refractivity contribution in [2.24, 2.45) is 0 Å². The van der Waals surface area contributed by atoms with Crippen LogP contribution >= 0.6 is 38.4 Å². The topological polar surface area (TPSA) is 193 Å². The van der Waals surface area contributed by atoms with Crippen molar-refractivity contribution in [1.29, 1.82) is 0 Å². The van der Waals surface area contributed by atoms with Crippen molar-refractivity contribution in [2.45, 2.75) is 24.5 Å². The number of quaternary nitrogens is 1. The number of hydrogen-bond acceptors (Lipinski definition) is 6. The van der Waals surface area contributed by atoms with Crippen molar-refractivity contribution in [3.05, 3.63) is 24.3 Å². The first-order valence-electron chi connectivity index (χ1n) is 9.61. The van der Waals surface area contributed by atoms with E-state index in [0.717, 1.165) is 6.41 Å². The van der Waals surface area contributed by atoms with E-state index in [-0.39, 0.29) is 105 Å². The molecule has 0 aliphatic carbocycles. The molecule has 12 nitrogen and oxygen atoms in total. The number of benzene rings is 1. The number of nitrogens with one attached hydrogen (secondary N) is 2. The number of anilines is 1. The van der Waals surface area contributed by atoms with Gasteiger partial charge in [0.15, 0.2) is 0 Å². The van der Waals surface area contributed by atoms with E-state index in [1.807, 2.05) is 0 Å². The van der Waals surface area contributed by atoms with Gasteiger partial charge in [-0.25, -0.2) is 9.28 Å². The van der Waals surface area contributed by atoms with Gasteiger partial charge in [0.2, 0.25) is 5.91 Å². The molecule has 0 spiro atoms. The number of halogens is 2. The second-order valence-electron chi connectivity index (χ2n) is 7.28. The normalized spacial score (nSPS) is 12.8. The van der Waals surface area contributed by atoms with Crippen LogP contribution in [-0.4, -0.2) is 168 Å². The van der Waals surface area contributed by atoms with Crippen LogP contribution in [0, 0.1) is 0 Å². The molecule has 0 bridgehead atoms. The molecule has 1 rings (SSSR count). The molecule has 19 heteroatoms. The molecule has 194 valence electrons. The van der Waals surface area contributed by atoms with Crippen LogP contribution in [-0.2, 0) is 18.7 Å². The first-order valence-corrected chi connectivity index (χ1v) is 13.9. The predicted molar refractivity (Wildman–Crippen MR) is 147 cm³/mol. The Bertz CT molecular complexity index is 894. The number of nitrogens with zero attached hydrogens (tertiary/aromatic N) is 1. The minimum absolute atomic E-state index is 0. The maximum absolute atomic E-state index is 12.3. The number of carbonyl (C=O) groups excluding carboxylic acids is 2. The molecule has 1 aromatic rings. The van der Waals surface area contributed by atoms with Gasteiger partial charge in [-0.3, -0.25) is 13.9 Å². The second-order valence-corrected chi connectivity index (χ2v) is 12.0. The molecular formula is C17H31Cl2N3Na3O9P2+. The summed E-state index contributed by atoms with van der Waals surface area (Å²) in [5.74, 6) is -0.169. The van der Waals surface area contributed by atoms with Crippen LogP contribution in [0.5, 0.6) is 0 Å².